The minimum absolute atomic E-state index is 0.0290. The minimum Gasteiger partial charge on any atom is -0.466 e. The summed E-state index contributed by atoms with van der Waals surface area (Å²) in [6.07, 6.45) is 4.02. The molecule has 0 aromatic heterocycles. The summed E-state index contributed by atoms with van der Waals surface area (Å²) >= 11 is 5.66. The van der Waals surface area contributed by atoms with Crippen molar-refractivity contribution in [3.63, 3.8) is 0 Å². The second kappa shape index (κ2) is 12.0. The number of ether oxygens (including phenoxy) is 2. The molecular formula is C15H27ClO4. The van der Waals surface area contributed by atoms with Crippen LogP contribution in [0.1, 0.15) is 59.3 Å². The second-order valence-electron chi connectivity index (χ2n) is 5.29. The molecule has 1 atom stereocenters. The molecule has 0 aliphatic carbocycles. The first-order valence-electron chi connectivity index (χ1n) is 7.40. The van der Waals surface area contributed by atoms with Crippen molar-refractivity contribution in [1.29, 1.82) is 0 Å². The Hall–Kier alpha value is -0.770. The number of halogens is 1. The van der Waals surface area contributed by atoms with E-state index in [1.54, 1.807) is 6.92 Å². The van der Waals surface area contributed by atoms with Gasteiger partial charge >= 0.3 is 11.9 Å². The van der Waals surface area contributed by atoms with E-state index in [0.29, 0.717) is 6.61 Å². The molecule has 1 unspecified atom stereocenters. The predicted molar refractivity (Wildman–Crippen MR) is 79.8 cm³/mol. The molecule has 0 N–H and O–H groups in total. The molecule has 0 heterocycles. The van der Waals surface area contributed by atoms with E-state index in [2.05, 4.69) is 13.8 Å². The molecule has 0 fully saturated rings. The summed E-state index contributed by atoms with van der Waals surface area (Å²) in [5.41, 5.74) is 0. The molecule has 0 aliphatic rings. The van der Waals surface area contributed by atoms with Gasteiger partial charge in [0.05, 0.1) is 18.9 Å². The highest BCUT2D eigenvalue weighted by atomic mass is 35.5. The van der Waals surface area contributed by atoms with Crippen LogP contribution >= 0.6 is 11.6 Å². The lowest BCUT2D eigenvalue weighted by Crippen LogP contribution is -2.24. The SMILES string of the molecule is CCC(=O)OC(CCl)CC(=O)OCCCCCC(C)C. The normalized spacial score (nSPS) is 12.2. The summed E-state index contributed by atoms with van der Waals surface area (Å²) < 4.78 is 10.1. The fourth-order valence-corrected chi connectivity index (χ4v) is 1.83. The summed E-state index contributed by atoms with van der Waals surface area (Å²) in [7, 11) is 0. The maximum atomic E-state index is 11.6. The number of esters is 2. The monoisotopic (exact) mass is 306 g/mol. The van der Waals surface area contributed by atoms with E-state index in [1.165, 1.54) is 6.42 Å². The van der Waals surface area contributed by atoms with Gasteiger partial charge in [-0.2, -0.15) is 0 Å². The van der Waals surface area contributed by atoms with Gasteiger partial charge in [0.15, 0.2) is 0 Å². The molecule has 20 heavy (non-hydrogen) atoms. The first-order chi connectivity index (χ1) is 9.49. The van der Waals surface area contributed by atoms with Gasteiger partial charge in [0.25, 0.3) is 0 Å². The van der Waals surface area contributed by atoms with Crippen LogP contribution in [0.2, 0.25) is 0 Å². The maximum absolute atomic E-state index is 11.6. The smallest absolute Gasteiger partial charge is 0.309 e. The van der Waals surface area contributed by atoms with Crippen molar-refractivity contribution < 1.29 is 19.1 Å². The van der Waals surface area contributed by atoms with Gasteiger partial charge in [-0.1, -0.05) is 40.0 Å². The Morgan fingerprint density at radius 3 is 2.35 bits per heavy atom. The van der Waals surface area contributed by atoms with Crippen LogP contribution in [0, 0.1) is 5.92 Å². The predicted octanol–water partition coefficient (Wildman–Crippen LogP) is 3.70. The van der Waals surface area contributed by atoms with E-state index < -0.39 is 6.10 Å². The van der Waals surface area contributed by atoms with E-state index >= 15 is 0 Å². The third-order valence-corrected chi connectivity index (χ3v) is 3.19. The van der Waals surface area contributed by atoms with Gasteiger partial charge in [0.1, 0.15) is 6.10 Å². The highest BCUT2D eigenvalue weighted by Gasteiger charge is 2.17. The number of hydrogen-bond acceptors (Lipinski definition) is 4. The van der Waals surface area contributed by atoms with Gasteiger partial charge in [0, 0.05) is 6.42 Å². The molecule has 0 radical (unpaired) electrons. The van der Waals surface area contributed by atoms with Gasteiger partial charge in [-0.15, -0.1) is 11.6 Å². The third kappa shape index (κ3) is 11.1. The quantitative estimate of drug-likeness (QED) is 0.332. The number of carbonyl (C=O) groups excluding carboxylic acids is 2. The Balaban J connectivity index is 3.67. The number of hydrogen-bond donors (Lipinski definition) is 0. The van der Waals surface area contributed by atoms with Gasteiger partial charge < -0.3 is 9.47 Å². The Kier molecular flexibility index (Phi) is 11.5. The summed E-state index contributed by atoms with van der Waals surface area (Å²) in [4.78, 5) is 22.7. The molecular weight excluding hydrogens is 280 g/mol. The summed E-state index contributed by atoms with van der Waals surface area (Å²) in [6, 6.07) is 0. The highest BCUT2D eigenvalue weighted by molar-refractivity contribution is 6.18. The van der Waals surface area contributed by atoms with Crippen LogP contribution in [-0.2, 0) is 19.1 Å². The van der Waals surface area contributed by atoms with Crippen molar-refractivity contribution in [2.24, 2.45) is 5.92 Å². The first kappa shape index (κ1) is 19.2. The van der Waals surface area contributed by atoms with Gasteiger partial charge in [-0.25, -0.2) is 0 Å². The van der Waals surface area contributed by atoms with Crippen LogP contribution in [0.3, 0.4) is 0 Å². The Morgan fingerprint density at radius 2 is 1.80 bits per heavy atom. The summed E-state index contributed by atoms with van der Waals surface area (Å²) in [6.45, 7) is 6.52. The molecule has 118 valence electrons. The number of unbranched alkanes of at least 4 members (excludes halogenated alkanes) is 2. The third-order valence-electron chi connectivity index (χ3n) is 2.84. The van der Waals surface area contributed by atoms with Gasteiger partial charge in [-0.3, -0.25) is 9.59 Å². The molecule has 0 saturated carbocycles. The molecule has 0 spiro atoms. The van der Waals surface area contributed by atoms with Crippen molar-refractivity contribution in [3.8, 4) is 0 Å². The molecule has 5 heteroatoms. The van der Waals surface area contributed by atoms with E-state index in [1.807, 2.05) is 0 Å². The number of alkyl halides is 1. The van der Waals surface area contributed by atoms with Crippen LogP contribution in [-0.4, -0.2) is 30.5 Å². The van der Waals surface area contributed by atoms with Crippen LogP contribution < -0.4 is 0 Å². The van der Waals surface area contributed by atoms with Crippen molar-refractivity contribution >= 4 is 23.5 Å². The summed E-state index contributed by atoms with van der Waals surface area (Å²) in [5.74, 6) is 0.116. The molecule has 4 nitrogen and oxygen atoms in total. The molecule has 0 amide bonds. The standard InChI is InChI=1S/C15H27ClO4/c1-4-14(17)20-13(11-16)10-15(18)19-9-7-5-6-8-12(2)3/h12-13H,4-11H2,1-3H3. The molecule has 0 rings (SSSR count). The molecule has 0 saturated heterocycles. The molecule has 0 bridgehead atoms. The Bertz CT molecular complexity index is 279. The van der Waals surface area contributed by atoms with Crippen LogP contribution in [0.4, 0.5) is 0 Å². The summed E-state index contributed by atoms with van der Waals surface area (Å²) in [5, 5.41) is 0. The zero-order chi connectivity index (χ0) is 15.4. The zero-order valence-electron chi connectivity index (χ0n) is 12.8. The largest absolute Gasteiger partial charge is 0.466 e. The average molecular weight is 307 g/mol. The minimum atomic E-state index is -0.586. The van der Waals surface area contributed by atoms with Crippen LogP contribution in [0.15, 0.2) is 0 Å². The number of rotatable bonds is 11. The fraction of sp³-hybridized carbons (Fsp3) is 0.867. The highest BCUT2D eigenvalue weighted by Crippen LogP contribution is 2.09. The van der Waals surface area contributed by atoms with E-state index in [-0.39, 0.29) is 30.7 Å². The lowest BCUT2D eigenvalue weighted by Gasteiger charge is -2.14. The molecule has 0 aromatic rings. The Labute approximate surface area is 127 Å². The second-order valence-corrected chi connectivity index (χ2v) is 5.60. The van der Waals surface area contributed by atoms with Crippen LogP contribution in [0.25, 0.3) is 0 Å². The van der Waals surface area contributed by atoms with E-state index in [9.17, 15) is 9.59 Å². The lowest BCUT2D eigenvalue weighted by molar-refractivity contribution is -0.153. The average Bonchev–Trinajstić information content (AvgIpc) is 2.41. The lowest BCUT2D eigenvalue weighted by atomic mass is 10.1. The molecule has 0 aliphatic heterocycles. The fourth-order valence-electron chi connectivity index (χ4n) is 1.66. The topological polar surface area (TPSA) is 52.6 Å². The zero-order valence-corrected chi connectivity index (χ0v) is 13.6. The van der Waals surface area contributed by atoms with E-state index in [0.717, 1.165) is 25.2 Å². The Morgan fingerprint density at radius 1 is 1.10 bits per heavy atom. The van der Waals surface area contributed by atoms with Gasteiger partial charge in [-0.05, 0) is 12.3 Å². The van der Waals surface area contributed by atoms with Crippen molar-refractivity contribution in [2.75, 3.05) is 12.5 Å². The molecule has 0 aromatic carbocycles. The first-order valence-corrected chi connectivity index (χ1v) is 7.94. The van der Waals surface area contributed by atoms with E-state index in [4.69, 9.17) is 21.1 Å². The van der Waals surface area contributed by atoms with Crippen molar-refractivity contribution in [2.45, 2.75) is 65.4 Å². The van der Waals surface area contributed by atoms with Crippen molar-refractivity contribution in [1.82, 2.24) is 0 Å². The van der Waals surface area contributed by atoms with Crippen LogP contribution in [0.5, 0.6) is 0 Å². The maximum Gasteiger partial charge on any atom is 0.309 e. The number of carbonyl (C=O) groups is 2. The van der Waals surface area contributed by atoms with Gasteiger partial charge in [0.2, 0.25) is 0 Å². The van der Waals surface area contributed by atoms with Crippen molar-refractivity contribution in [3.05, 3.63) is 0 Å².